The first-order valence-electron chi connectivity index (χ1n) is 7.73. The van der Waals surface area contributed by atoms with Crippen LogP contribution in [0.5, 0.6) is 0 Å². The highest BCUT2D eigenvalue weighted by Crippen LogP contribution is 2.14. The number of nitrogens with one attached hydrogen (secondary N) is 2. The molecule has 118 valence electrons. The molecule has 1 fully saturated rings. The molecule has 1 aliphatic rings. The molecule has 22 heavy (non-hydrogen) atoms. The second-order valence-corrected chi connectivity index (χ2v) is 5.87. The summed E-state index contributed by atoms with van der Waals surface area (Å²) in [6.45, 7) is 2.64. The van der Waals surface area contributed by atoms with Crippen molar-refractivity contribution in [1.82, 2.24) is 20.8 Å². The van der Waals surface area contributed by atoms with E-state index in [4.69, 9.17) is 4.52 Å². The third kappa shape index (κ3) is 4.13. The van der Waals surface area contributed by atoms with Crippen LogP contribution < -0.4 is 10.6 Å². The predicted octanol–water partition coefficient (Wildman–Crippen LogP) is 0.864. The molecular weight excluding hydrogens is 280 g/mol. The summed E-state index contributed by atoms with van der Waals surface area (Å²) in [5, 5.41) is 20.8. The Hall–Kier alpha value is -1.76. The molecule has 6 nitrogen and oxygen atoms in total. The van der Waals surface area contributed by atoms with Crippen molar-refractivity contribution < 1.29 is 9.63 Å². The van der Waals surface area contributed by atoms with Crippen molar-refractivity contribution in [3.05, 3.63) is 47.6 Å². The minimum atomic E-state index is -0.672. The van der Waals surface area contributed by atoms with Gasteiger partial charge < -0.3 is 20.3 Å². The Morgan fingerprint density at radius 3 is 2.95 bits per heavy atom. The Labute approximate surface area is 129 Å². The van der Waals surface area contributed by atoms with Crippen molar-refractivity contribution in [2.75, 3.05) is 19.6 Å². The fourth-order valence-electron chi connectivity index (χ4n) is 2.71. The highest BCUT2D eigenvalue weighted by molar-refractivity contribution is 5.17. The summed E-state index contributed by atoms with van der Waals surface area (Å²) in [5.41, 5.74) is 0.475. The maximum atomic E-state index is 10.4. The summed E-state index contributed by atoms with van der Waals surface area (Å²) in [4.78, 5) is 4.37. The summed E-state index contributed by atoms with van der Waals surface area (Å²) in [6.07, 6.45) is 2.46. The first kappa shape index (κ1) is 15.1. The molecule has 1 aliphatic heterocycles. The van der Waals surface area contributed by atoms with Gasteiger partial charge in [-0.3, -0.25) is 0 Å². The lowest BCUT2D eigenvalue weighted by atomic mass is 9.94. The maximum Gasteiger partial charge on any atom is 0.231 e. The Morgan fingerprint density at radius 2 is 2.18 bits per heavy atom. The van der Waals surface area contributed by atoms with E-state index in [1.807, 2.05) is 30.3 Å². The molecule has 1 atom stereocenters. The lowest BCUT2D eigenvalue weighted by Crippen LogP contribution is -2.51. The quantitative estimate of drug-likeness (QED) is 0.734. The molecule has 0 aliphatic carbocycles. The van der Waals surface area contributed by atoms with Gasteiger partial charge >= 0.3 is 0 Å². The van der Waals surface area contributed by atoms with E-state index in [2.05, 4.69) is 20.8 Å². The SMILES string of the molecule is O[C@]1(CNCc2noc(Cc3ccccc3)n2)CCCNC1. The fraction of sp³-hybridized carbons (Fsp3) is 0.500. The van der Waals surface area contributed by atoms with Gasteiger partial charge in [-0.2, -0.15) is 4.98 Å². The van der Waals surface area contributed by atoms with Gasteiger partial charge in [-0.1, -0.05) is 35.5 Å². The second kappa shape index (κ2) is 7.00. The molecule has 1 aromatic carbocycles. The highest BCUT2D eigenvalue weighted by Gasteiger charge is 2.28. The van der Waals surface area contributed by atoms with Gasteiger partial charge in [0.15, 0.2) is 5.82 Å². The van der Waals surface area contributed by atoms with Gasteiger partial charge in [0.1, 0.15) is 0 Å². The summed E-state index contributed by atoms with van der Waals surface area (Å²) in [6, 6.07) is 10.0. The number of nitrogens with zero attached hydrogens (tertiary/aromatic N) is 2. The third-order valence-corrected chi connectivity index (χ3v) is 3.90. The van der Waals surface area contributed by atoms with Crippen LogP contribution in [0.4, 0.5) is 0 Å². The Kier molecular flexibility index (Phi) is 4.82. The van der Waals surface area contributed by atoms with Crippen LogP contribution in [0.25, 0.3) is 0 Å². The van der Waals surface area contributed by atoms with Gasteiger partial charge in [0.05, 0.1) is 18.6 Å². The Morgan fingerprint density at radius 1 is 1.32 bits per heavy atom. The number of piperidine rings is 1. The molecule has 0 saturated carbocycles. The van der Waals surface area contributed by atoms with Crippen molar-refractivity contribution in [2.24, 2.45) is 0 Å². The van der Waals surface area contributed by atoms with Gasteiger partial charge in [0.25, 0.3) is 0 Å². The Bertz CT molecular complexity index is 579. The summed E-state index contributed by atoms with van der Waals surface area (Å²) in [7, 11) is 0. The molecule has 0 radical (unpaired) electrons. The molecule has 0 unspecified atom stereocenters. The second-order valence-electron chi connectivity index (χ2n) is 5.87. The number of hydrogen-bond acceptors (Lipinski definition) is 6. The maximum absolute atomic E-state index is 10.4. The minimum absolute atomic E-state index is 0.501. The van der Waals surface area contributed by atoms with Crippen molar-refractivity contribution >= 4 is 0 Å². The largest absolute Gasteiger partial charge is 0.387 e. The number of aromatic nitrogens is 2. The molecule has 1 aromatic heterocycles. The van der Waals surface area contributed by atoms with Gasteiger partial charge in [-0.15, -0.1) is 0 Å². The van der Waals surface area contributed by atoms with E-state index in [1.54, 1.807) is 0 Å². The van der Waals surface area contributed by atoms with Gasteiger partial charge in [0.2, 0.25) is 5.89 Å². The van der Waals surface area contributed by atoms with Crippen LogP contribution in [0.2, 0.25) is 0 Å². The van der Waals surface area contributed by atoms with Crippen molar-refractivity contribution in [3.8, 4) is 0 Å². The van der Waals surface area contributed by atoms with Crippen LogP contribution >= 0.6 is 0 Å². The zero-order valence-corrected chi connectivity index (χ0v) is 12.6. The Balaban J connectivity index is 1.47. The minimum Gasteiger partial charge on any atom is -0.387 e. The molecule has 3 N–H and O–H groups in total. The van der Waals surface area contributed by atoms with Gasteiger partial charge in [-0.25, -0.2) is 0 Å². The van der Waals surface area contributed by atoms with Crippen LogP contribution in [0, 0.1) is 0 Å². The standard InChI is InChI=1S/C16H22N4O2/c21-16(7-4-8-17-11-16)12-18-10-14-19-15(22-20-14)9-13-5-2-1-3-6-13/h1-3,5-6,17-18,21H,4,7-12H2/t16-/m1/s1. The lowest BCUT2D eigenvalue weighted by molar-refractivity contribution is 0.0167. The average molecular weight is 302 g/mol. The monoisotopic (exact) mass is 302 g/mol. The first-order valence-corrected chi connectivity index (χ1v) is 7.73. The molecule has 2 heterocycles. The predicted molar refractivity (Wildman–Crippen MR) is 82.3 cm³/mol. The van der Waals surface area contributed by atoms with Crippen LogP contribution in [-0.2, 0) is 13.0 Å². The molecule has 2 aromatic rings. The van der Waals surface area contributed by atoms with Gasteiger partial charge in [-0.05, 0) is 24.9 Å². The van der Waals surface area contributed by atoms with E-state index in [9.17, 15) is 5.11 Å². The molecule has 6 heteroatoms. The third-order valence-electron chi connectivity index (χ3n) is 3.90. The number of β-amino-alcohol motifs (C(OH)–C–C–N with tert-alkyl or cyclic N) is 1. The van der Waals surface area contributed by atoms with E-state index in [-0.39, 0.29) is 0 Å². The molecule has 0 bridgehead atoms. The molecule has 0 spiro atoms. The van der Waals surface area contributed by atoms with Crippen LogP contribution in [0.3, 0.4) is 0 Å². The van der Waals surface area contributed by atoms with Crippen LogP contribution in [0.15, 0.2) is 34.9 Å². The first-order chi connectivity index (χ1) is 10.7. The summed E-state index contributed by atoms with van der Waals surface area (Å²) in [5.74, 6) is 1.24. The zero-order chi connectivity index (χ0) is 15.3. The van der Waals surface area contributed by atoms with E-state index in [0.717, 1.165) is 24.9 Å². The molecular formula is C16H22N4O2. The molecule has 1 saturated heterocycles. The fourth-order valence-corrected chi connectivity index (χ4v) is 2.71. The van der Waals surface area contributed by atoms with E-state index < -0.39 is 5.60 Å². The van der Waals surface area contributed by atoms with Crippen LogP contribution in [-0.4, -0.2) is 40.5 Å². The van der Waals surface area contributed by atoms with Crippen LogP contribution in [0.1, 0.15) is 30.1 Å². The number of rotatable bonds is 6. The topological polar surface area (TPSA) is 83.2 Å². The van der Waals surface area contributed by atoms with Gasteiger partial charge in [0, 0.05) is 13.1 Å². The summed E-state index contributed by atoms with van der Waals surface area (Å²) < 4.78 is 5.26. The number of benzene rings is 1. The number of aliphatic hydroxyl groups is 1. The average Bonchev–Trinajstić information content (AvgIpc) is 2.96. The van der Waals surface area contributed by atoms with Crippen molar-refractivity contribution in [2.45, 2.75) is 31.4 Å². The van der Waals surface area contributed by atoms with Crippen molar-refractivity contribution in [1.29, 1.82) is 0 Å². The smallest absolute Gasteiger partial charge is 0.231 e. The van der Waals surface area contributed by atoms with E-state index >= 15 is 0 Å². The van der Waals surface area contributed by atoms with E-state index in [1.165, 1.54) is 0 Å². The molecule has 0 amide bonds. The van der Waals surface area contributed by atoms with Crippen molar-refractivity contribution in [3.63, 3.8) is 0 Å². The van der Waals surface area contributed by atoms with E-state index in [0.29, 0.717) is 37.8 Å². The number of hydrogen-bond donors (Lipinski definition) is 3. The summed E-state index contributed by atoms with van der Waals surface area (Å²) >= 11 is 0. The highest BCUT2D eigenvalue weighted by atomic mass is 16.5. The normalized spacial score (nSPS) is 21.9. The zero-order valence-electron chi connectivity index (χ0n) is 12.6. The molecule has 3 rings (SSSR count). The lowest BCUT2D eigenvalue weighted by Gasteiger charge is -2.32.